The van der Waals surface area contributed by atoms with Crippen LogP contribution in [0.25, 0.3) is 0 Å². The van der Waals surface area contributed by atoms with E-state index in [4.69, 9.17) is 0 Å². The van der Waals surface area contributed by atoms with Crippen LogP contribution in [0.4, 0.5) is 0 Å². The van der Waals surface area contributed by atoms with Gasteiger partial charge in [-0.25, -0.2) is 0 Å². The van der Waals surface area contributed by atoms with Gasteiger partial charge in [0.25, 0.3) is 0 Å². The van der Waals surface area contributed by atoms with Crippen molar-refractivity contribution in [2.45, 2.75) is 12.8 Å². The van der Waals surface area contributed by atoms with E-state index >= 15 is 0 Å². The summed E-state index contributed by atoms with van der Waals surface area (Å²) < 4.78 is 0. The highest BCUT2D eigenvalue weighted by Crippen LogP contribution is 2.88. The Hall–Kier alpha value is 0. The normalized spacial score (nSPS) is 91.2. The second kappa shape index (κ2) is 0.852. The third-order valence-corrected chi connectivity index (χ3v) is 5.54. The summed E-state index contributed by atoms with van der Waals surface area (Å²) in [5, 5.41) is 0. The van der Waals surface area contributed by atoms with Crippen molar-refractivity contribution in [1.82, 2.24) is 0 Å². The summed E-state index contributed by atoms with van der Waals surface area (Å²) in [6.45, 7) is 0. The van der Waals surface area contributed by atoms with Crippen LogP contribution in [0.1, 0.15) is 12.8 Å². The maximum Gasteiger partial charge on any atom is -0.0315 e. The molecule has 5 saturated carbocycles. The van der Waals surface area contributed by atoms with Gasteiger partial charge in [0.15, 0.2) is 0 Å². The predicted octanol–water partition coefficient (Wildman–Crippen LogP) is 1.76. The van der Waals surface area contributed by atoms with Crippen LogP contribution in [0.3, 0.4) is 0 Å². The molecule has 0 heterocycles. The van der Waals surface area contributed by atoms with Crippen LogP contribution >= 0.6 is 0 Å². The smallest absolute Gasteiger partial charge is 0.0315 e. The van der Waals surface area contributed by atoms with Gasteiger partial charge in [0.1, 0.15) is 0 Å². The van der Waals surface area contributed by atoms with Crippen LogP contribution in [0, 0.1) is 47.3 Å². The molecule has 4 atom stereocenters. The highest BCUT2D eigenvalue weighted by Gasteiger charge is 2.83. The van der Waals surface area contributed by atoms with Gasteiger partial charge in [0.05, 0.1) is 0 Å². The zero-order valence-electron chi connectivity index (χ0n) is 6.03. The minimum Gasteiger partial charge on any atom is -0.0465 e. The van der Waals surface area contributed by atoms with Crippen LogP contribution in [-0.2, 0) is 0 Å². The molecule has 0 bridgehead atoms. The molecule has 0 aromatic heterocycles. The maximum atomic E-state index is 1.65. The second-order valence-corrected chi connectivity index (χ2v) is 5.44. The number of hydrogen-bond donors (Lipinski definition) is 0. The molecule has 5 rings (SSSR count). The van der Waals surface area contributed by atoms with E-state index in [1.165, 1.54) is 47.3 Å². The molecule has 10 heavy (non-hydrogen) atoms. The molecule has 0 aromatic carbocycles. The van der Waals surface area contributed by atoms with Crippen LogP contribution in [0.2, 0.25) is 0 Å². The lowest BCUT2D eigenvalue weighted by molar-refractivity contribution is -0.183. The Bertz CT molecular complexity index is 186. The van der Waals surface area contributed by atoms with Crippen molar-refractivity contribution in [1.29, 1.82) is 0 Å². The van der Waals surface area contributed by atoms with Gasteiger partial charge in [-0.15, -0.1) is 0 Å². The summed E-state index contributed by atoms with van der Waals surface area (Å²) in [5.41, 5.74) is 0. The zero-order valence-corrected chi connectivity index (χ0v) is 6.03. The summed E-state index contributed by atoms with van der Waals surface area (Å²) in [6, 6.07) is 0. The van der Waals surface area contributed by atoms with Gasteiger partial charge < -0.3 is 0 Å². The van der Waals surface area contributed by atoms with E-state index in [9.17, 15) is 0 Å². The first-order chi connectivity index (χ1) is 4.97. The molecule has 5 aliphatic rings. The lowest BCUT2D eigenvalue weighted by Crippen LogP contribution is -2.62. The third-order valence-electron chi connectivity index (χ3n) is 5.54. The molecule has 52 valence electrons. The second-order valence-electron chi connectivity index (χ2n) is 5.44. The first-order valence-electron chi connectivity index (χ1n) is 4.97. The number of rotatable bonds is 0. The topological polar surface area (TPSA) is 0 Å². The molecule has 0 heteroatoms. The van der Waals surface area contributed by atoms with Crippen LogP contribution < -0.4 is 0 Å². The van der Waals surface area contributed by atoms with Crippen molar-refractivity contribution < 1.29 is 0 Å². The van der Waals surface area contributed by atoms with Gasteiger partial charge in [0, 0.05) is 0 Å². The van der Waals surface area contributed by atoms with Crippen LogP contribution in [0.15, 0.2) is 0 Å². The molecule has 4 unspecified atom stereocenters. The molecule has 5 fully saturated rings. The van der Waals surface area contributed by atoms with E-state index in [0.717, 1.165) is 0 Å². The average Bonchev–Trinajstić information content (AvgIpc) is 2.65. The Morgan fingerprint density at radius 3 is 1.10 bits per heavy atom. The van der Waals surface area contributed by atoms with E-state index in [0.29, 0.717) is 0 Å². The summed E-state index contributed by atoms with van der Waals surface area (Å²) in [6.07, 6.45) is 3.31. The number of hydrogen-bond acceptors (Lipinski definition) is 0. The molecular formula is C10H12. The average molecular weight is 132 g/mol. The van der Waals surface area contributed by atoms with Gasteiger partial charge in [0.2, 0.25) is 0 Å². The molecule has 5 aliphatic carbocycles. The highest BCUT2D eigenvalue weighted by atomic mass is 14.9. The minimum absolute atomic E-state index is 1.28. The quantitative estimate of drug-likeness (QED) is 0.441. The van der Waals surface area contributed by atoms with Gasteiger partial charge in [-0.05, 0) is 60.2 Å². The van der Waals surface area contributed by atoms with Crippen molar-refractivity contribution in [2.24, 2.45) is 47.3 Å². The molecule has 0 saturated heterocycles. The Kier molecular flexibility index (Phi) is 0.352. The predicted molar refractivity (Wildman–Crippen MR) is 37.2 cm³/mol. The summed E-state index contributed by atoms with van der Waals surface area (Å²) in [4.78, 5) is 0. The summed E-state index contributed by atoms with van der Waals surface area (Å²) >= 11 is 0. The Morgan fingerprint density at radius 2 is 0.800 bits per heavy atom. The Balaban J connectivity index is 1.67. The minimum atomic E-state index is 1.28. The fourth-order valence-corrected chi connectivity index (χ4v) is 5.12. The highest BCUT2D eigenvalue weighted by molar-refractivity contribution is 5.31. The van der Waals surface area contributed by atoms with Crippen molar-refractivity contribution in [3.05, 3.63) is 0 Å². The Morgan fingerprint density at radius 1 is 0.500 bits per heavy atom. The van der Waals surface area contributed by atoms with Crippen molar-refractivity contribution in [2.75, 3.05) is 0 Å². The van der Waals surface area contributed by atoms with Crippen LogP contribution in [-0.4, -0.2) is 0 Å². The zero-order chi connectivity index (χ0) is 6.03. The molecular weight excluding hydrogens is 120 g/mol. The van der Waals surface area contributed by atoms with Crippen molar-refractivity contribution in [3.8, 4) is 0 Å². The van der Waals surface area contributed by atoms with Gasteiger partial charge in [-0.2, -0.15) is 0 Å². The van der Waals surface area contributed by atoms with E-state index in [1.54, 1.807) is 12.8 Å². The van der Waals surface area contributed by atoms with E-state index in [2.05, 4.69) is 0 Å². The summed E-state index contributed by atoms with van der Waals surface area (Å²) in [5.74, 6) is 10.4. The monoisotopic (exact) mass is 132 g/mol. The Labute approximate surface area is 61.0 Å². The molecule has 0 spiro atoms. The molecule has 0 aliphatic heterocycles. The third kappa shape index (κ3) is 0.202. The van der Waals surface area contributed by atoms with E-state index < -0.39 is 0 Å². The van der Waals surface area contributed by atoms with E-state index in [1.807, 2.05) is 0 Å². The van der Waals surface area contributed by atoms with E-state index in [-0.39, 0.29) is 0 Å². The SMILES string of the molecule is C1C2C1C1C2C2C3CC3C12. The van der Waals surface area contributed by atoms with Crippen LogP contribution in [0.5, 0.6) is 0 Å². The lowest BCUT2D eigenvalue weighted by Gasteiger charge is -2.65. The van der Waals surface area contributed by atoms with Gasteiger partial charge in [-0.3, -0.25) is 0 Å². The first-order valence-corrected chi connectivity index (χ1v) is 4.97. The van der Waals surface area contributed by atoms with Gasteiger partial charge in [-0.1, -0.05) is 0 Å². The molecule has 0 aromatic rings. The largest absolute Gasteiger partial charge is 0.0465 e. The molecule has 0 amide bonds. The fraction of sp³-hybridized carbons (Fsp3) is 1.00. The summed E-state index contributed by atoms with van der Waals surface area (Å²) in [7, 11) is 0. The molecule has 0 radical (unpaired) electrons. The van der Waals surface area contributed by atoms with Crippen molar-refractivity contribution >= 4 is 0 Å². The van der Waals surface area contributed by atoms with Gasteiger partial charge >= 0.3 is 0 Å². The molecule has 0 N–H and O–H groups in total. The first kappa shape index (κ1) is 4.13. The van der Waals surface area contributed by atoms with Crippen molar-refractivity contribution in [3.63, 3.8) is 0 Å². The maximum absolute atomic E-state index is 1.65. The number of fused-ring (bicyclic) bond motifs is 10. The lowest BCUT2D eigenvalue weighted by atomic mass is 9.39. The fourth-order valence-electron chi connectivity index (χ4n) is 5.12. The standard InChI is InChI=1S/C10H12/c1-3-4(1)8-7(3)9-5-2-6(5)10(8)9/h3-10H,1-2H2. The molecule has 0 nitrogen and oxygen atoms in total.